The van der Waals surface area contributed by atoms with Gasteiger partial charge >= 0.3 is 0 Å². The Labute approximate surface area is 103 Å². The number of benzene rings is 1. The molecule has 2 rings (SSSR count). The monoisotopic (exact) mass is 247 g/mol. The lowest BCUT2D eigenvalue weighted by Crippen LogP contribution is -2.15. The largest absolute Gasteiger partial charge is 0.392 e. The zero-order valence-electron chi connectivity index (χ0n) is 9.83. The van der Waals surface area contributed by atoms with Gasteiger partial charge in [-0.25, -0.2) is 0 Å². The van der Waals surface area contributed by atoms with E-state index in [1.807, 2.05) is 0 Å². The van der Waals surface area contributed by atoms with Gasteiger partial charge in [0, 0.05) is 18.8 Å². The zero-order chi connectivity index (χ0) is 13.1. The summed E-state index contributed by atoms with van der Waals surface area (Å²) in [7, 11) is 0. The second-order valence-electron chi connectivity index (χ2n) is 4.02. The first kappa shape index (κ1) is 12.3. The highest BCUT2D eigenvalue weighted by Crippen LogP contribution is 2.29. The molecule has 1 heterocycles. The minimum atomic E-state index is -0.501. The predicted octanol–water partition coefficient (Wildman–Crippen LogP) is 1.94. The fourth-order valence-electron chi connectivity index (χ4n) is 1.72. The Hall–Kier alpha value is -2.21. The van der Waals surface area contributed by atoms with Crippen LogP contribution in [0.15, 0.2) is 30.5 Å². The SMILES string of the molecule is C[C@H](O)CNc1ccc([N+](=O)[O-])c2cccnc12. The van der Waals surface area contributed by atoms with Crippen molar-refractivity contribution in [2.24, 2.45) is 0 Å². The number of nitrogens with one attached hydrogen (secondary N) is 1. The molecule has 2 aromatic rings. The summed E-state index contributed by atoms with van der Waals surface area (Å²) >= 11 is 0. The predicted molar refractivity (Wildman–Crippen MR) is 68.6 cm³/mol. The van der Waals surface area contributed by atoms with E-state index in [0.717, 1.165) is 0 Å². The van der Waals surface area contributed by atoms with Crippen LogP contribution in [0.3, 0.4) is 0 Å². The van der Waals surface area contributed by atoms with Crippen LogP contribution in [0.2, 0.25) is 0 Å². The van der Waals surface area contributed by atoms with Crippen LogP contribution in [-0.2, 0) is 0 Å². The zero-order valence-corrected chi connectivity index (χ0v) is 9.83. The van der Waals surface area contributed by atoms with Crippen LogP contribution in [0.1, 0.15) is 6.92 Å². The fraction of sp³-hybridized carbons (Fsp3) is 0.250. The van der Waals surface area contributed by atoms with Gasteiger partial charge in [-0.15, -0.1) is 0 Å². The number of fused-ring (bicyclic) bond motifs is 1. The van der Waals surface area contributed by atoms with E-state index < -0.39 is 11.0 Å². The number of hydrogen-bond donors (Lipinski definition) is 2. The van der Waals surface area contributed by atoms with Crippen molar-refractivity contribution in [3.63, 3.8) is 0 Å². The van der Waals surface area contributed by atoms with Gasteiger partial charge in [-0.2, -0.15) is 0 Å². The molecular formula is C12H13N3O3. The smallest absolute Gasteiger partial charge is 0.278 e. The molecule has 0 radical (unpaired) electrons. The number of rotatable bonds is 4. The van der Waals surface area contributed by atoms with Gasteiger partial charge in [-0.05, 0) is 25.1 Å². The van der Waals surface area contributed by atoms with Gasteiger partial charge in [0.05, 0.1) is 22.1 Å². The summed E-state index contributed by atoms with van der Waals surface area (Å²) in [5.41, 5.74) is 1.24. The maximum Gasteiger partial charge on any atom is 0.278 e. The molecule has 1 aromatic carbocycles. The number of nitro groups is 1. The molecule has 0 aliphatic carbocycles. The second kappa shape index (κ2) is 4.97. The third kappa shape index (κ3) is 2.38. The summed E-state index contributed by atoms with van der Waals surface area (Å²) in [6.45, 7) is 2.03. The van der Waals surface area contributed by atoms with Gasteiger partial charge in [0.15, 0.2) is 0 Å². The van der Waals surface area contributed by atoms with E-state index in [9.17, 15) is 15.2 Å². The van der Waals surface area contributed by atoms with E-state index in [-0.39, 0.29) is 5.69 Å². The average molecular weight is 247 g/mol. The van der Waals surface area contributed by atoms with Crippen molar-refractivity contribution < 1.29 is 10.0 Å². The topological polar surface area (TPSA) is 88.3 Å². The molecule has 0 spiro atoms. The first-order valence-corrected chi connectivity index (χ1v) is 5.53. The van der Waals surface area contributed by atoms with Crippen LogP contribution < -0.4 is 5.32 Å². The van der Waals surface area contributed by atoms with Gasteiger partial charge in [0.25, 0.3) is 5.69 Å². The maximum atomic E-state index is 10.9. The summed E-state index contributed by atoms with van der Waals surface area (Å²) in [5.74, 6) is 0. The molecule has 1 atom stereocenters. The van der Waals surface area contributed by atoms with Crippen molar-refractivity contribution in [1.82, 2.24) is 4.98 Å². The van der Waals surface area contributed by atoms with E-state index in [1.165, 1.54) is 6.07 Å². The van der Waals surface area contributed by atoms with Gasteiger partial charge in [0.1, 0.15) is 5.52 Å². The van der Waals surface area contributed by atoms with E-state index in [1.54, 1.807) is 31.3 Å². The summed E-state index contributed by atoms with van der Waals surface area (Å²) in [6, 6.07) is 6.37. The first-order chi connectivity index (χ1) is 8.59. The molecule has 0 unspecified atom stereocenters. The van der Waals surface area contributed by atoms with Gasteiger partial charge < -0.3 is 10.4 Å². The molecule has 0 saturated carbocycles. The van der Waals surface area contributed by atoms with Crippen LogP contribution in [-0.4, -0.2) is 27.7 Å². The molecular weight excluding hydrogens is 234 g/mol. The molecule has 6 nitrogen and oxygen atoms in total. The first-order valence-electron chi connectivity index (χ1n) is 5.53. The Balaban J connectivity index is 2.50. The number of aliphatic hydroxyl groups is 1. The third-order valence-corrected chi connectivity index (χ3v) is 2.53. The quantitative estimate of drug-likeness (QED) is 0.636. The highest BCUT2D eigenvalue weighted by Gasteiger charge is 2.14. The Morgan fingerprint density at radius 1 is 1.50 bits per heavy atom. The summed E-state index contributed by atoms with van der Waals surface area (Å²) in [4.78, 5) is 14.6. The van der Waals surface area contributed by atoms with Crippen molar-refractivity contribution in [3.05, 3.63) is 40.6 Å². The number of anilines is 1. The van der Waals surface area contributed by atoms with Gasteiger partial charge in [0.2, 0.25) is 0 Å². The van der Waals surface area contributed by atoms with Crippen LogP contribution in [0.4, 0.5) is 11.4 Å². The Morgan fingerprint density at radius 2 is 2.28 bits per heavy atom. The number of non-ortho nitro benzene ring substituents is 1. The molecule has 18 heavy (non-hydrogen) atoms. The van der Waals surface area contributed by atoms with E-state index in [2.05, 4.69) is 10.3 Å². The molecule has 0 bridgehead atoms. The van der Waals surface area contributed by atoms with Crippen LogP contribution in [0.25, 0.3) is 10.9 Å². The third-order valence-electron chi connectivity index (χ3n) is 2.53. The molecule has 2 N–H and O–H groups in total. The number of nitro benzene ring substituents is 1. The van der Waals surface area contributed by atoms with Crippen molar-refractivity contribution in [3.8, 4) is 0 Å². The Bertz CT molecular complexity index is 584. The standard InChI is InChI=1S/C12H13N3O3/c1-8(16)7-14-10-4-5-11(15(17)18)9-3-2-6-13-12(9)10/h2-6,8,14,16H,7H2,1H3/t8-/m0/s1. The molecule has 0 fully saturated rings. The summed E-state index contributed by atoms with van der Waals surface area (Å²) in [5, 5.41) is 23.6. The lowest BCUT2D eigenvalue weighted by Gasteiger charge is -2.10. The number of aliphatic hydroxyl groups excluding tert-OH is 1. The maximum absolute atomic E-state index is 10.9. The fourth-order valence-corrected chi connectivity index (χ4v) is 1.72. The lowest BCUT2D eigenvalue weighted by molar-refractivity contribution is -0.383. The van der Waals surface area contributed by atoms with E-state index in [4.69, 9.17) is 0 Å². The average Bonchev–Trinajstić information content (AvgIpc) is 2.35. The number of aromatic nitrogens is 1. The van der Waals surface area contributed by atoms with Crippen molar-refractivity contribution in [2.45, 2.75) is 13.0 Å². The Kier molecular flexibility index (Phi) is 3.38. The van der Waals surface area contributed by atoms with Gasteiger partial charge in [-0.3, -0.25) is 15.1 Å². The molecule has 0 amide bonds. The molecule has 0 saturated heterocycles. The van der Waals surface area contributed by atoms with Crippen LogP contribution >= 0.6 is 0 Å². The van der Waals surface area contributed by atoms with Crippen molar-refractivity contribution >= 4 is 22.3 Å². The van der Waals surface area contributed by atoms with E-state index >= 15 is 0 Å². The number of pyridine rings is 1. The molecule has 94 valence electrons. The van der Waals surface area contributed by atoms with E-state index in [0.29, 0.717) is 23.1 Å². The van der Waals surface area contributed by atoms with Gasteiger partial charge in [-0.1, -0.05) is 0 Å². The van der Waals surface area contributed by atoms with Crippen molar-refractivity contribution in [2.75, 3.05) is 11.9 Å². The summed E-state index contributed by atoms with van der Waals surface area (Å²) in [6.07, 6.45) is 1.08. The molecule has 0 aliphatic heterocycles. The van der Waals surface area contributed by atoms with Crippen molar-refractivity contribution in [1.29, 1.82) is 0 Å². The van der Waals surface area contributed by atoms with Crippen LogP contribution in [0.5, 0.6) is 0 Å². The molecule has 1 aromatic heterocycles. The minimum absolute atomic E-state index is 0.0284. The highest BCUT2D eigenvalue weighted by atomic mass is 16.6. The minimum Gasteiger partial charge on any atom is -0.392 e. The second-order valence-corrected chi connectivity index (χ2v) is 4.02. The Morgan fingerprint density at radius 3 is 2.94 bits per heavy atom. The lowest BCUT2D eigenvalue weighted by atomic mass is 10.1. The summed E-state index contributed by atoms with van der Waals surface area (Å²) < 4.78 is 0. The molecule has 6 heteroatoms. The number of hydrogen-bond acceptors (Lipinski definition) is 5. The van der Waals surface area contributed by atoms with Crippen LogP contribution in [0, 0.1) is 10.1 Å². The number of nitrogens with zero attached hydrogens (tertiary/aromatic N) is 2. The highest BCUT2D eigenvalue weighted by molar-refractivity contribution is 5.96. The molecule has 0 aliphatic rings. The normalized spacial score (nSPS) is 12.3.